The Morgan fingerprint density at radius 1 is 1.23 bits per heavy atom. The number of fused-ring (bicyclic) bond motifs is 1. The zero-order valence-electron chi connectivity index (χ0n) is 11.7. The van der Waals surface area contributed by atoms with Crippen molar-refractivity contribution in [2.45, 2.75) is 42.7 Å². The molecule has 22 heavy (non-hydrogen) atoms. The first-order valence-corrected chi connectivity index (χ1v) is 7.11. The van der Waals surface area contributed by atoms with E-state index in [4.69, 9.17) is 4.74 Å². The molecule has 7 heteroatoms. The van der Waals surface area contributed by atoms with Gasteiger partial charge in [-0.25, -0.2) is 4.79 Å². The van der Waals surface area contributed by atoms with Gasteiger partial charge in [0.25, 0.3) is 0 Å². The average Bonchev–Trinajstić information content (AvgIpc) is 2.94. The topological polar surface area (TPSA) is 127 Å². The lowest BCUT2D eigenvalue weighted by Crippen LogP contribution is -2.61. The number of ether oxygens (including phenoxy) is 1. The van der Waals surface area contributed by atoms with Crippen LogP contribution in [0, 0.1) is 0 Å². The largest absolute Gasteiger partial charge is 0.493 e. The van der Waals surface area contributed by atoms with Gasteiger partial charge in [-0.3, -0.25) is 0 Å². The highest BCUT2D eigenvalue weighted by molar-refractivity contribution is 5.79. The molecule has 1 aromatic rings. The molecule has 5 atom stereocenters. The maximum Gasteiger partial charge on any atom is 0.336 e. The van der Waals surface area contributed by atoms with E-state index in [1.165, 1.54) is 0 Å². The lowest BCUT2D eigenvalue weighted by molar-refractivity contribution is -0.195. The van der Waals surface area contributed by atoms with E-state index in [9.17, 15) is 30.3 Å². The van der Waals surface area contributed by atoms with Crippen LogP contribution in [0.3, 0.4) is 0 Å². The maximum atomic E-state index is 11.6. The number of carbonyl (C=O) groups is 1. The van der Waals surface area contributed by atoms with Crippen molar-refractivity contribution in [3.63, 3.8) is 0 Å². The number of hydrogen-bond acceptors (Lipinski definition) is 6. The van der Waals surface area contributed by atoms with E-state index >= 15 is 0 Å². The molecule has 0 saturated heterocycles. The highest BCUT2D eigenvalue weighted by atomic mass is 16.5. The third-order valence-corrected chi connectivity index (χ3v) is 4.60. The summed E-state index contributed by atoms with van der Waals surface area (Å²) in [5.41, 5.74) is -1.22. The van der Waals surface area contributed by atoms with Gasteiger partial charge in [-0.2, -0.15) is 0 Å². The molecule has 0 spiro atoms. The molecule has 1 saturated carbocycles. The van der Waals surface area contributed by atoms with Gasteiger partial charge in [-0.05, 0) is 11.6 Å². The van der Waals surface area contributed by atoms with Crippen LogP contribution in [0.5, 0.6) is 5.75 Å². The van der Waals surface area contributed by atoms with Crippen molar-refractivity contribution in [1.29, 1.82) is 0 Å². The number of aliphatic carboxylic acids is 1. The predicted molar refractivity (Wildman–Crippen MR) is 73.6 cm³/mol. The molecule has 0 amide bonds. The fourth-order valence-corrected chi connectivity index (χ4v) is 3.48. The van der Waals surface area contributed by atoms with E-state index in [2.05, 4.69) is 0 Å². The van der Waals surface area contributed by atoms with Gasteiger partial charge in [-0.1, -0.05) is 12.1 Å². The summed E-state index contributed by atoms with van der Waals surface area (Å²) in [6.07, 6.45) is -4.67. The molecule has 1 aliphatic carbocycles. The third kappa shape index (κ3) is 2.09. The predicted octanol–water partition coefficient (Wildman–Crippen LogP) is -0.993. The fourth-order valence-electron chi connectivity index (χ4n) is 3.48. The first-order chi connectivity index (χ1) is 10.4. The summed E-state index contributed by atoms with van der Waals surface area (Å²) in [6, 6.07) is 4.98. The number of benzene rings is 1. The van der Waals surface area contributed by atoms with Crippen LogP contribution in [-0.4, -0.2) is 62.0 Å². The van der Waals surface area contributed by atoms with Crippen molar-refractivity contribution >= 4 is 5.97 Å². The maximum absolute atomic E-state index is 11.6. The second-order valence-corrected chi connectivity index (χ2v) is 5.88. The summed E-state index contributed by atoms with van der Waals surface area (Å²) in [5, 5.41) is 49.9. The Labute approximate surface area is 126 Å². The molecule has 1 fully saturated rings. The van der Waals surface area contributed by atoms with Gasteiger partial charge in [0.2, 0.25) is 0 Å². The number of carboxylic acids is 1. The Hall–Kier alpha value is -1.67. The molecule has 120 valence electrons. The van der Waals surface area contributed by atoms with Gasteiger partial charge in [0.15, 0.2) is 5.60 Å². The minimum atomic E-state index is -2.37. The smallest absolute Gasteiger partial charge is 0.336 e. The van der Waals surface area contributed by atoms with Crippen LogP contribution in [0.2, 0.25) is 0 Å². The Bertz CT molecular complexity index is 602. The van der Waals surface area contributed by atoms with E-state index in [-0.39, 0.29) is 0 Å². The number of rotatable bonds is 2. The average molecular weight is 310 g/mol. The van der Waals surface area contributed by atoms with Crippen LogP contribution in [0.4, 0.5) is 0 Å². The van der Waals surface area contributed by atoms with E-state index in [1.54, 1.807) is 18.2 Å². The number of carboxylic acid groups (broad SMARTS) is 1. The van der Waals surface area contributed by atoms with Crippen molar-refractivity contribution in [3.8, 4) is 5.75 Å². The minimum absolute atomic E-state index is 0.429. The van der Waals surface area contributed by atoms with Crippen LogP contribution < -0.4 is 4.74 Å². The second-order valence-electron chi connectivity index (χ2n) is 5.88. The van der Waals surface area contributed by atoms with E-state index in [1.807, 2.05) is 0 Å². The lowest BCUT2D eigenvalue weighted by Gasteiger charge is -2.45. The lowest BCUT2D eigenvalue weighted by atomic mass is 9.67. The summed E-state index contributed by atoms with van der Waals surface area (Å²) in [5.74, 6) is -2.21. The van der Waals surface area contributed by atoms with Gasteiger partial charge in [0.1, 0.15) is 11.9 Å². The van der Waals surface area contributed by atoms with Crippen LogP contribution in [0.1, 0.15) is 23.5 Å². The van der Waals surface area contributed by atoms with Crippen molar-refractivity contribution < 1.29 is 35.1 Å². The fraction of sp³-hybridized carbons (Fsp3) is 0.533. The molecular formula is C15H18O7. The van der Waals surface area contributed by atoms with Crippen LogP contribution >= 0.6 is 0 Å². The Kier molecular flexibility index (Phi) is 3.60. The summed E-state index contributed by atoms with van der Waals surface area (Å²) >= 11 is 0. The molecule has 1 heterocycles. The third-order valence-electron chi connectivity index (χ3n) is 4.60. The van der Waals surface area contributed by atoms with E-state index in [0.29, 0.717) is 24.3 Å². The van der Waals surface area contributed by atoms with Gasteiger partial charge < -0.3 is 30.3 Å². The Balaban J connectivity index is 2.13. The number of aliphatic hydroxyl groups excluding tert-OH is 3. The van der Waals surface area contributed by atoms with E-state index < -0.39 is 42.2 Å². The van der Waals surface area contributed by atoms with Gasteiger partial charge >= 0.3 is 5.97 Å². The molecule has 0 radical (unpaired) electrons. The summed E-state index contributed by atoms with van der Waals surface area (Å²) in [4.78, 5) is 11.6. The van der Waals surface area contributed by atoms with Crippen LogP contribution in [0.25, 0.3) is 0 Å². The molecule has 0 bridgehead atoms. The van der Waals surface area contributed by atoms with Crippen LogP contribution in [-0.2, 0) is 11.2 Å². The minimum Gasteiger partial charge on any atom is -0.493 e. The van der Waals surface area contributed by atoms with Crippen molar-refractivity contribution in [3.05, 3.63) is 29.3 Å². The van der Waals surface area contributed by atoms with Crippen molar-refractivity contribution in [2.75, 3.05) is 6.61 Å². The first-order valence-electron chi connectivity index (χ1n) is 7.11. The Morgan fingerprint density at radius 2 is 1.95 bits per heavy atom. The summed E-state index contributed by atoms with van der Waals surface area (Å²) in [6.45, 7) is 0.436. The van der Waals surface area contributed by atoms with Gasteiger partial charge in [0.05, 0.1) is 24.7 Å². The normalized spacial score (nSPS) is 37.5. The second kappa shape index (κ2) is 5.20. The summed E-state index contributed by atoms with van der Waals surface area (Å²) < 4.78 is 5.42. The molecular weight excluding hydrogens is 292 g/mol. The van der Waals surface area contributed by atoms with Crippen LogP contribution in [0.15, 0.2) is 18.2 Å². The number of hydrogen-bond donors (Lipinski definition) is 5. The summed E-state index contributed by atoms with van der Waals surface area (Å²) in [7, 11) is 0. The SMILES string of the molecule is O=C(O)C1(O)C[C@@H](O)C(O)[C@H](O)C1c1cccc2c1CCO2. The zero-order valence-corrected chi connectivity index (χ0v) is 11.7. The monoisotopic (exact) mass is 310 g/mol. The molecule has 0 aromatic heterocycles. The molecule has 2 aliphatic rings. The van der Waals surface area contributed by atoms with Gasteiger partial charge in [-0.15, -0.1) is 0 Å². The standard InChI is InChI=1S/C15H18O7/c16-9-6-15(21,14(19)20)11(13(18)12(9)17)8-2-1-3-10-7(8)4-5-22-10/h1-3,9,11-13,16-18,21H,4-6H2,(H,19,20)/t9-,11?,12?,13-,15?/m1/s1. The van der Waals surface area contributed by atoms with E-state index in [0.717, 1.165) is 5.56 Å². The molecule has 5 N–H and O–H groups in total. The molecule has 7 nitrogen and oxygen atoms in total. The zero-order chi connectivity index (χ0) is 16.1. The Morgan fingerprint density at radius 3 is 2.64 bits per heavy atom. The van der Waals surface area contributed by atoms with Crippen molar-refractivity contribution in [1.82, 2.24) is 0 Å². The highest BCUT2D eigenvalue weighted by Gasteiger charge is 2.57. The molecule has 1 aromatic carbocycles. The highest BCUT2D eigenvalue weighted by Crippen LogP contribution is 2.45. The molecule has 3 unspecified atom stereocenters. The molecule has 1 aliphatic heterocycles. The first kappa shape index (κ1) is 15.2. The number of aliphatic hydroxyl groups is 4. The van der Waals surface area contributed by atoms with Gasteiger partial charge in [0, 0.05) is 18.4 Å². The molecule has 3 rings (SSSR count). The quantitative estimate of drug-likeness (QED) is 0.474. The van der Waals surface area contributed by atoms with Crippen molar-refractivity contribution in [2.24, 2.45) is 0 Å².